The molecule has 2 aliphatic heterocycles. The maximum absolute atomic E-state index is 13.8. The van der Waals surface area contributed by atoms with Crippen molar-refractivity contribution in [3.63, 3.8) is 0 Å². The van der Waals surface area contributed by atoms with Crippen LogP contribution < -0.4 is 26.4 Å². The molecule has 3 heterocycles. The van der Waals surface area contributed by atoms with Crippen LogP contribution in [0.1, 0.15) is 53.8 Å². The number of aryl methyl sites for hydroxylation is 2. The van der Waals surface area contributed by atoms with Crippen LogP contribution in [0, 0.1) is 12.8 Å². The summed E-state index contributed by atoms with van der Waals surface area (Å²) in [6.07, 6.45) is 3.06. The fourth-order valence-electron chi connectivity index (χ4n) is 5.83. The van der Waals surface area contributed by atoms with E-state index in [9.17, 15) is 19.2 Å². The molecule has 1 saturated heterocycles. The summed E-state index contributed by atoms with van der Waals surface area (Å²) in [5.74, 6) is -0.721. The summed E-state index contributed by atoms with van der Waals surface area (Å²) in [6, 6.07) is 13.4. The van der Waals surface area contributed by atoms with Crippen LogP contribution in [-0.4, -0.2) is 70.5 Å². The summed E-state index contributed by atoms with van der Waals surface area (Å²) >= 11 is 1.08. The lowest BCUT2D eigenvalue weighted by atomic mass is 9.94. The lowest BCUT2D eigenvalue weighted by Crippen LogP contribution is -2.55. The standard InChI is InChI=1S/C33H41N7O5S/c1-21-9-11-25-16-24(21)19-35-31(43)26(12-10-22-6-3-2-4-7-22)37-32(44)27(36-28(41)18-29-38-39-33(34)46-29)17-30(42)40-14-5-8-23(20-40)13-15-45-25/h2-4,6-7,9,11,16,23,26-27H,5,8,10,12-15,17-20H2,1H3,(H2,34,39)(H,35,43)(H,36,41)(H,37,44)/t23?,26-,27-/m0/s1. The fourth-order valence-corrected chi connectivity index (χ4v) is 6.44. The lowest BCUT2D eigenvalue weighted by molar-refractivity contribution is -0.138. The van der Waals surface area contributed by atoms with Crippen LogP contribution in [0.2, 0.25) is 0 Å². The quantitative estimate of drug-likeness (QED) is 0.316. The van der Waals surface area contributed by atoms with Crippen LogP contribution in [0.3, 0.4) is 0 Å². The average molecular weight is 648 g/mol. The van der Waals surface area contributed by atoms with Gasteiger partial charge in [0.25, 0.3) is 0 Å². The molecule has 3 atom stereocenters. The Bertz CT molecular complexity index is 1530. The van der Waals surface area contributed by atoms with E-state index in [-0.39, 0.29) is 42.3 Å². The van der Waals surface area contributed by atoms with E-state index >= 15 is 0 Å². The molecule has 46 heavy (non-hydrogen) atoms. The van der Waals surface area contributed by atoms with Crippen LogP contribution >= 0.6 is 11.3 Å². The topological polar surface area (TPSA) is 169 Å². The van der Waals surface area contributed by atoms with Crippen LogP contribution in [0.5, 0.6) is 5.75 Å². The number of amides is 4. The van der Waals surface area contributed by atoms with Gasteiger partial charge in [-0.15, -0.1) is 10.2 Å². The molecular formula is C33H41N7O5S. The van der Waals surface area contributed by atoms with Crippen molar-refractivity contribution in [1.82, 2.24) is 31.0 Å². The van der Waals surface area contributed by atoms with Crippen molar-refractivity contribution < 1.29 is 23.9 Å². The fraction of sp³-hybridized carbons (Fsp3) is 0.455. The third-order valence-electron chi connectivity index (χ3n) is 8.46. The number of hydrogen-bond donors (Lipinski definition) is 4. The largest absolute Gasteiger partial charge is 0.494 e. The second kappa shape index (κ2) is 15.7. The van der Waals surface area contributed by atoms with E-state index in [4.69, 9.17) is 10.5 Å². The van der Waals surface area contributed by atoms with Crippen molar-refractivity contribution in [2.45, 2.75) is 70.5 Å². The molecule has 244 valence electrons. The van der Waals surface area contributed by atoms with Crippen molar-refractivity contribution >= 4 is 40.1 Å². The summed E-state index contributed by atoms with van der Waals surface area (Å²) < 4.78 is 6.09. The number of nitrogen functional groups attached to an aromatic ring is 1. The van der Waals surface area contributed by atoms with Crippen LogP contribution in [0.25, 0.3) is 0 Å². The van der Waals surface area contributed by atoms with Crippen molar-refractivity contribution in [3.8, 4) is 5.75 Å². The molecular weight excluding hydrogens is 606 g/mol. The minimum atomic E-state index is -1.20. The zero-order valence-electron chi connectivity index (χ0n) is 26.0. The van der Waals surface area contributed by atoms with Gasteiger partial charge in [0, 0.05) is 19.6 Å². The maximum Gasteiger partial charge on any atom is 0.243 e. The summed E-state index contributed by atoms with van der Waals surface area (Å²) in [5.41, 5.74) is 8.60. The number of hydrogen-bond acceptors (Lipinski definition) is 9. The first kappa shape index (κ1) is 32.9. The average Bonchev–Trinajstić information content (AvgIpc) is 3.46. The first-order chi connectivity index (χ1) is 22.2. The normalized spacial score (nSPS) is 21.3. The predicted octanol–water partition coefficient (Wildman–Crippen LogP) is 2.30. The third-order valence-corrected chi connectivity index (χ3v) is 9.21. The van der Waals surface area contributed by atoms with Gasteiger partial charge in [0.05, 0.1) is 19.4 Å². The van der Waals surface area contributed by atoms with Gasteiger partial charge in [-0.2, -0.15) is 0 Å². The molecule has 0 spiro atoms. The van der Waals surface area contributed by atoms with Crippen molar-refractivity contribution in [2.75, 3.05) is 25.4 Å². The number of nitrogens with one attached hydrogen (secondary N) is 3. The molecule has 0 saturated carbocycles. The van der Waals surface area contributed by atoms with E-state index in [1.165, 1.54) is 0 Å². The molecule has 4 amide bonds. The Morgan fingerprint density at radius 1 is 1.11 bits per heavy atom. The smallest absolute Gasteiger partial charge is 0.243 e. The van der Waals surface area contributed by atoms with Gasteiger partial charge in [-0.3, -0.25) is 19.2 Å². The zero-order valence-corrected chi connectivity index (χ0v) is 26.8. The van der Waals surface area contributed by atoms with E-state index in [1.54, 1.807) is 4.90 Å². The number of carbonyl (C=O) groups is 4. The number of aromatic nitrogens is 2. The zero-order chi connectivity index (χ0) is 32.5. The Balaban J connectivity index is 1.40. The second-order valence-electron chi connectivity index (χ2n) is 11.9. The highest BCUT2D eigenvalue weighted by Gasteiger charge is 2.32. The van der Waals surface area contributed by atoms with Gasteiger partial charge in [0.1, 0.15) is 22.8 Å². The van der Waals surface area contributed by atoms with Gasteiger partial charge in [-0.25, -0.2) is 0 Å². The minimum Gasteiger partial charge on any atom is -0.494 e. The molecule has 5 rings (SSSR count). The summed E-state index contributed by atoms with van der Waals surface area (Å²) in [5, 5.41) is 16.8. The Labute approximate surface area is 272 Å². The Kier molecular flexibility index (Phi) is 11.2. The number of piperidine rings is 1. The molecule has 4 bridgehead atoms. The van der Waals surface area contributed by atoms with E-state index in [0.29, 0.717) is 37.5 Å². The molecule has 12 nitrogen and oxygen atoms in total. The third kappa shape index (κ3) is 9.25. The molecule has 0 radical (unpaired) electrons. The highest BCUT2D eigenvalue weighted by Crippen LogP contribution is 2.23. The monoisotopic (exact) mass is 647 g/mol. The van der Waals surface area contributed by atoms with Gasteiger partial charge in [0.2, 0.25) is 28.8 Å². The van der Waals surface area contributed by atoms with Crippen LogP contribution in [-0.2, 0) is 38.6 Å². The van der Waals surface area contributed by atoms with E-state index in [1.807, 2.05) is 55.5 Å². The van der Waals surface area contributed by atoms with E-state index in [2.05, 4.69) is 26.1 Å². The maximum atomic E-state index is 13.8. The van der Waals surface area contributed by atoms with Gasteiger partial charge in [0.15, 0.2) is 0 Å². The molecule has 1 fully saturated rings. The minimum absolute atomic E-state index is 0.144. The number of benzene rings is 2. The SMILES string of the molecule is Cc1ccc2cc1CNC(=O)[C@H](CCc1ccccc1)NC(=O)[C@@H](NC(=O)Cc1nnc(N)s1)CC(=O)N1CCCC(CCO2)C1. The Morgan fingerprint density at radius 3 is 2.72 bits per heavy atom. The molecule has 2 aliphatic rings. The Morgan fingerprint density at radius 2 is 1.93 bits per heavy atom. The molecule has 1 aromatic heterocycles. The van der Waals surface area contributed by atoms with E-state index < -0.39 is 23.9 Å². The molecule has 13 heteroatoms. The van der Waals surface area contributed by atoms with Gasteiger partial charge in [-0.05, 0) is 73.8 Å². The molecule has 3 aromatic rings. The van der Waals surface area contributed by atoms with Gasteiger partial charge >= 0.3 is 0 Å². The molecule has 5 N–H and O–H groups in total. The number of nitrogens with zero attached hydrogens (tertiary/aromatic N) is 3. The Hall–Kier alpha value is -4.52. The number of carbonyl (C=O) groups excluding carboxylic acids is 4. The lowest BCUT2D eigenvalue weighted by Gasteiger charge is -2.34. The number of nitrogens with two attached hydrogens (primary N) is 1. The number of fused-ring (bicyclic) bond motifs is 4. The second-order valence-corrected chi connectivity index (χ2v) is 13.0. The molecule has 0 aliphatic carbocycles. The highest BCUT2D eigenvalue weighted by molar-refractivity contribution is 7.15. The molecule has 2 aromatic carbocycles. The number of ether oxygens (including phenoxy) is 1. The molecule has 1 unspecified atom stereocenters. The summed E-state index contributed by atoms with van der Waals surface area (Å²) in [4.78, 5) is 55.8. The van der Waals surface area contributed by atoms with Crippen molar-refractivity contribution in [1.29, 1.82) is 0 Å². The van der Waals surface area contributed by atoms with Crippen LogP contribution in [0.15, 0.2) is 48.5 Å². The summed E-state index contributed by atoms with van der Waals surface area (Å²) in [7, 11) is 0. The first-order valence-electron chi connectivity index (χ1n) is 15.7. The van der Waals surface area contributed by atoms with E-state index in [0.717, 1.165) is 53.0 Å². The van der Waals surface area contributed by atoms with Gasteiger partial charge < -0.3 is 31.3 Å². The summed E-state index contributed by atoms with van der Waals surface area (Å²) in [6.45, 7) is 3.85. The van der Waals surface area contributed by atoms with Crippen molar-refractivity contribution in [3.05, 3.63) is 70.2 Å². The number of rotatable bonds is 6. The number of anilines is 1. The van der Waals surface area contributed by atoms with Crippen LogP contribution in [0.4, 0.5) is 5.13 Å². The van der Waals surface area contributed by atoms with Crippen molar-refractivity contribution in [2.24, 2.45) is 5.92 Å². The first-order valence-corrected chi connectivity index (χ1v) is 16.5. The predicted molar refractivity (Wildman–Crippen MR) is 174 cm³/mol. The highest BCUT2D eigenvalue weighted by atomic mass is 32.1. The van der Waals surface area contributed by atoms with Gasteiger partial charge in [-0.1, -0.05) is 47.7 Å².